The highest BCUT2D eigenvalue weighted by Gasteiger charge is 2.22. The topological polar surface area (TPSA) is 9.23 Å². The average molecular weight is 260 g/mol. The van der Waals surface area contributed by atoms with Crippen molar-refractivity contribution in [3.63, 3.8) is 0 Å². The van der Waals surface area contributed by atoms with Crippen LogP contribution in [-0.2, 0) is 4.74 Å². The molecule has 0 N–H and O–H groups in total. The average Bonchev–Trinajstić information content (AvgIpc) is 2.45. The fourth-order valence-electron chi connectivity index (χ4n) is 3.00. The third kappa shape index (κ3) is 4.65. The highest BCUT2D eigenvalue weighted by Crippen LogP contribution is 2.34. The second-order valence-electron chi connectivity index (χ2n) is 5.96. The van der Waals surface area contributed by atoms with Crippen LogP contribution in [0.25, 0.3) is 0 Å². The molecule has 1 nitrogen and oxygen atoms in total. The predicted octanol–water partition coefficient (Wildman–Crippen LogP) is 5.23. The summed E-state index contributed by atoms with van der Waals surface area (Å²) in [7, 11) is 0. The lowest BCUT2D eigenvalue weighted by Crippen LogP contribution is -2.21. The summed E-state index contributed by atoms with van der Waals surface area (Å²) in [6.07, 6.45) is 9.41. The van der Waals surface area contributed by atoms with E-state index in [1.807, 2.05) is 0 Å². The van der Waals surface area contributed by atoms with Crippen LogP contribution in [0.5, 0.6) is 0 Å². The molecule has 0 heterocycles. The lowest BCUT2D eigenvalue weighted by Gasteiger charge is -2.29. The zero-order valence-electron chi connectivity index (χ0n) is 12.5. The first-order chi connectivity index (χ1) is 9.29. The molecule has 0 atom stereocenters. The summed E-state index contributed by atoms with van der Waals surface area (Å²) in [4.78, 5) is 0. The summed E-state index contributed by atoms with van der Waals surface area (Å²) in [5.41, 5.74) is 2.88. The molecule has 1 aliphatic carbocycles. The van der Waals surface area contributed by atoms with E-state index in [1.54, 1.807) is 0 Å². The van der Waals surface area contributed by atoms with E-state index in [2.05, 4.69) is 38.1 Å². The normalized spacial score (nSPS) is 23.5. The number of aryl methyl sites for hydroxylation is 1. The van der Waals surface area contributed by atoms with Crippen LogP contribution in [0, 0.1) is 6.92 Å². The van der Waals surface area contributed by atoms with Crippen molar-refractivity contribution >= 4 is 0 Å². The van der Waals surface area contributed by atoms with Gasteiger partial charge in [0.15, 0.2) is 0 Å². The SMILES string of the molecule is CCCCCOC1CCC(c2ccc(C)cc2)CC1. The molecule has 1 aromatic rings. The highest BCUT2D eigenvalue weighted by molar-refractivity contribution is 5.24. The molecule has 1 aromatic carbocycles. The number of rotatable bonds is 6. The molecule has 0 bridgehead atoms. The summed E-state index contributed by atoms with van der Waals surface area (Å²) in [5.74, 6) is 0.760. The molecule has 0 radical (unpaired) electrons. The van der Waals surface area contributed by atoms with E-state index in [9.17, 15) is 0 Å². The Hall–Kier alpha value is -0.820. The first kappa shape index (κ1) is 14.6. The molecule has 0 aromatic heterocycles. The van der Waals surface area contributed by atoms with Crippen molar-refractivity contribution in [1.29, 1.82) is 0 Å². The Morgan fingerprint density at radius 1 is 1.00 bits per heavy atom. The van der Waals surface area contributed by atoms with Gasteiger partial charge in [0.2, 0.25) is 0 Å². The van der Waals surface area contributed by atoms with E-state index in [-0.39, 0.29) is 0 Å². The second-order valence-corrected chi connectivity index (χ2v) is 5.96. The van der Waals surface area contributed by atoms with Crippen molar-refractivity contribution in [2.24, 2.45) is 0 Å². The van der Waals surface area contributed by atoms with E-state index in [4.69, 9.17) is 4.74 Å². The van der Waals surface area contributed by atoms with Gasteiger partial charge in [0, 0.05) is 6.61 Å². The largest absolute Gasteiger partial charge is 0.378 e. The Morgan fingerprint density at radius 2 is 1.68 bits per heavy atom. The summed E-state index contributed by atoms with van der Waals surface area (Å²) in [6.45, 7) is 5.37. The van der Waals surface area contributed by atoms with Gasteiger partial charge in [-0.2, -0.15) is 0 Å². The molecule has 1 fully saturated rings. The van der Waals surface area contributed by atoms with E-state index < -0.39 is 0 Å². The molecule has 1 aliphatic rings. The molecular weight excluding hydrogens is 232 g/mol. The first-order valence-electron chi connectivity index (χ1n) is 7.97. The van der Waals surface area contributed by atoms with E-state index >= 15 is 0 Å². The molecule has 0 aliphatic heterocycles. The van der Waals surface area contributed by atoms with Gasteiger partial charge in [-0.15, -0.1) is 0 Å². The maximum atomic E-state index is 5.99. The molecule has 0 amide bonds. The molecule has 2 rings (SSSR count). The summed E-state index contributed by atoms with van der Waals surface area (Å²) in [6, 6.07) is 9.09. The lowest BCUT2D eigenvalue weighted by atomic mass is 9.82. The Kier molecular flexibility index (Phi) is 5.91. The van der Waals surface area contributed by atoms with Gasteiger partial charge in [0.05, 0.1) is 6.10 Å². The van der Waals surface area contributed by atoms with Crippen LogP contribution in [0.3, 0.4) is 0 Å². The summed E-state index contributed by atoms with van der Waals surface area (Å²) >= 11 is 0. The zero-order chi connectivity index (χ0) is 13.5. The van der Waals surface area contributed by atoms with Gasteiger partial charge in [-0.1, -0.05) is 49.6 Å². The van der Waals surface area contributed by atoms with Gasteiger partial charge in [0.25, 0.3) is 0 Å². The summed E-state index contributed by atoms with van der Waals surface area (Å²) < 4.78 is 5.99. The van der Waals surface area contributed by atoms with Crippen LogP contribution in [0.1, 0.15) is 68.9 Å². The van der Waals surface area contributed by atoms with Gasteiger partial charge in [0.1, 0.15) is 0 Å². The van der Waals surface area contributed by atoms with Crippen LogP contribution in [-0.4, -0.2) is 12.7 Å². The Bertz CT molecular complexity index is 346. The third-order valence-electron chi connectivity index (χ3n) is 4.32. The van der Waals surface area contributed by atoms with Crippen LogP contribution in [0.15, 0.2) is 24.3 Å². The molecule has 0 spiro atoms. The van der Waals surface area contributed by atoms with Crippen molar-refractivity contribution in [3.05, 3.63) is 35.4 Å². The summed E-state index contributed by atoms with van der Waals surface area (Å²) in [5, 5.41) is 0. The number of benzene rings is 1. The number of ether oxygens (including phenoxy) is 1. The number of hydrogen-bond donors (Lipinski definition) is 0. The minimum Gasteiger partial charge on any atom is -0.378 e. The second kappa shape index (κ2) is 7.69. The fraction of sp³-hybridized carbons (Fsp3) is 0.667. The third-order valence-corrected chi connectivity index (χ3v) is 4.32. The molecular formula is C18H28O. The highest BCUT2D eigenvalue weighted by atomic mass is 16.5. The van der Waals surface area contributed by atoms with Crippen LogP contribution in [0.4, 0.5) is 0 Å². The van der Waals surface area contributed by atoms with Gasteiger partial charge >= 0.3 is 0 Å². The Balaban J connectivity index is 1.71. The van der Waals surface area contributed by atoms with E-state index in [0.29, 0.717) is 6.10 Å². The fourth-order valence-corrected chi connectivity index (χ4v) is 3.00. The lowest BCUT2D eigenvalue weighted by molar-refractivity contribution is 0.0227. The van der Waals surface area contributed by atoms with Gasteiger partial charge in [-0.05, 0) is 50.5 Å². The van der Waals surface area contributed by atoms with Gasteiger partial charge < -0.3 is 4.74 Å². The Morgan fingerprint density at radius 3 is 2.32 bits per heavy atom. The molecule has 19 heavy (non-hydrogen) atoms. The maximum Gasteiger partial charge on any atom is 0.0575 e. The molecule has 0 saturated heterocycles. The molecule has 1 saturated carbocycles. The predicted molar refractivity (Wildman–Crippen MR) is 81.7 cm³/mol. The monoisotopic (exact) mass is 260 g/mol. The van der Waals surface area contributed by atoms with E-state index in [0.717, 1.165) is 12.5 Å². The number of unbranched alkanes of at least 4 members (excludes halogenated alkanes) is 2. The molecule has 0 unspecified atom stereocenters. The van der Waals surface area contributed by atoms with Crippen LogP contribution in [0.2, 0.25) is 0 Å². The first-order valence-corrected chi connectivity index (χ1v) is 7.97. The molecule has 106 valence electrons. The van der Waals surface area contributed by atoms with Crippen molar-refractivity contribution in [2.75, 3.05) is 6.61 Å². The minimum atomic E-state index is 0.526. The van der Waals surface area contributed by atoms with Crippen molar-refractivity contribution in [2.45, 2.75) is 70.8 Å². The molecule has 1 heteroatoms. The quantitative estimate of drug-likeness (QED) is 0.636. The minimum absolute atomic E-state index is 0.526. The van der Waals surface area contributed by atoms with Gasteiger partial charge in [-0.3, -0.25) is 0 Å². The smallest absolute Gasteiger partial charge is 0.0575 e. The Labute approximate surface area is 118 Å². The van der Waals surface area contributed by atoms with Crippen molar-refractivity contribution < 1.29 is 4.74 Å². The standard InChI is InChI=1S/C18H28O/c1-3-4-5-14-19-18-12-10-17(11-13-18)16-8-6-15(2)7-9-16/h6-9,17-18H,3-5,10-14H2,1-2H3. The van der Waals surface area contributed by atoms with Gasteiger partial charge in [-0.25, -0.2) is 0 Å². The van der Waals surface area contributed by atoms with Crippen LogP contribution >= 0.6 is 0 Å². The van der Waals surface area contributed by atoms with Crippen molar-refractivity contribution in [3.8, 4) is 0 Å². The zero-order valence-corrected chi connectivity index (χ0v) is 12.5. The van der Waals surface area contributed by atoms with Crippen LogP contribution < -0.4 is 0 Å². The van der Waals surface area contributed by atoms with E-state index in [1.165, 1.54) is 56.1 Å². The van der Waals surface area contributed by atoms with Crippen molar-refractivity contribution in [1.82, 2.24) is 0 Å². The number of hydrogen-bond acceptors (Lipinski definition) is 1. The maximum absolute atomic E-state index is 5.99.